The van der Waals surface area contributed by atoms with Gasteiger partial charge in [-0.2, -0.15) is 0 Å². The number of β-lactam (4-membered cyclic amide) rings is 1. The second-order valence-corrected chi connectivity index (χ2v) is 14.0. The molecule has 244 valence electrons. The summed E-state index contributed by atoms with van der Waals surface area (Å²) in [6, 6.07) is 24.9. The summed E-state index contributed by atoms with van der Waals surface area (Å²) in [5.74, 6) is -1.73. The van der Waals surface area contributed by atoms with Crippen molar-refractivity contribution in [2.24, 2.45) is 0 Å². The molecule has 2 N–H and O–H groups in total. The molecule has 47 heavy (non-hydrogen) atoms. The molecule has 2 aliphatic rings. The summed E-state index contributed by atoms with van der Waals surface area (Å²) < 4.78 is 11.5. The molecule has 3 aromatic carbocycles. The van der Waals surface area contributed by atoms with Crippen LogP contribution < -0.4 is 10.6 Å². The van der Waals surface area contributed by atoms with Crippen molar-refractivity contribution in [3.8, 4) is 0 Å². The lowest BCUT2D eigenvalue weighted by molar-refractivity contribution is -0.154. The minimum atomic E-state index is -1.16. The molecule has 5 rings (SSSR count). The number of carbonyl (C=O) groups is 5. The molecule has 0 aromatic heterocycles. The van der Waals surface area contributed by atoms with Gasteiger partial charge in [-0.15, -0.1) is 11.8 Å². The number of rotatable bonds is 10. The maximum atomic E-state index is 14.0. The fraction of sp³-hybridized carbons (Fsp3) is 0.286. The number of alkyl halides is 1. The normalized spacial score (nSPS) is 18.7. The van der Waals surface area contributed by atoms with E-state index < -0.39 is 57.9 Å². The quantitative estimate of drug-likeness (QED) is 0.127. The lowest BCUT2D eigenvalue weighted by Gasteiger charge is -2.50. The number of amides is 3. The number of aldehydes is 1. The van der Waals surface area contributed by atoms with E-state index in [0.717, 1.165) is 11.1 Å². The predicted molar refractivity (Wildman–Crippen MR) is 180 cm³/mol. The summed E-state index contributed by atoms with van der Waals surface area (Å²) in [6.45, 7) is 5.13. The van der Waals surface area contributed by atoms with Gasteiger partial charge in [-0.1, -0.05) is 107 Å². The van der Waals surface area contributed by atoms with Crippen LogP contribution in [0.15, 0.2) is 102 Å². The largest absolute Gasteiger partial charge is 0.448 e. The van der Waals surface area contributed by atoms with Crippen molar-refractivity contribution in [1.29, 1.82) is 0 Å². The minimum absolute atomic E-state index is 0.0402. The van der Waals surface area contributed by atoms with Crippen molar-refractivity contribution < 1.29 is 33.4 Å². The minimum Gasteiger partial charge on any atom is -0.448 e. The smallest absolute Gasteiger partial charge is 0.408 e. The first kappa shape index (κ1) is 33.9. The summed E-state index contributed by atoms with van der Waals surface area (Å²) in [5, 5.41) is 4.71. The molecule has 2 heterocycles. The fourth-order valence-electron chi connectivity index (χ4n) is 5.28. The number of hydrogen-bond acceptors (Lipinski definition) is 8. The molecule has 1 fully saturated rings. The van der Waals surface area contributed by atoms with Gasteiger partial charge in [-0.05, 0) is 43.0 Å². The number of halogens is 1. The van der Waals surface area contributed by atoms with Crippen LogP contribution in [0.5, 0.6) is 0 Å². The number of carbonyl (C=O) groups excluding carboxylic acids is 5. The Morgan fingerprint density at radius 3 is 1.96 bits per heavy atom. The Kier molecular flexibility index (Phi) is 10.5. The average molecular weight is 721 g/mol. The average Bonchev–Trinajstić information content (AvgIpc) is 3.07. The molecule has 2 aliphatic heterocycles. The van der Waals surface area contributed by atoms with Gasteiger partial charge in [0.05, 0.1) is 4.83 Å². The van der Waals surface area contributed by atoms with Gasteiger partial charge in [0.2, 0.25) is 5.91 Å². The molecule has 12 heteroatoms. The van der Waals surface area contributed by atoms with Crippen molar-refractivity contribution in [2.45, 2.75) is 54.8 Å². The van der Waals surface area contributed by atoms with Gasteiger partial charge in [0, 0.05) is 5.75 Å². The first-order chi connectivity index (χ1) is 22.5. The number of nitrogens with zero attached hydrogens (tertiary/aromatic N) is 1. The number of fused-ring (bicyclic) bond motifs is 1. The molecule has 4 atom stereocenters. The van der Waals surface area contributed by atoms with E-state index in [1.165, 1.54) is 16.7 Å². The summed E-state index contributed by atoms with van der Waals surface area (Å²) in [6.07, 6.45) is -0.934. The second-order valence-electron chi connectivity index (χ2n) is 11.9. The van der Waals surface area contributed by atoms with E-state index in [9.17, 15) is 24.0 Å². The molecule has 0 saturated carbocycles. The van der Waals surface area contributed by atoms with Crippen LogP contribution in [-0.4, -0.2) is 62.7 Å². The van der Waals surface area contributed by atoms with Crippen LogP contribution in [0.4, 0.5) is 4.79 Å². The second kappa shape index (κ2) is 14.6. The number of ether oxygens (including phenoxy) is 2. The Balaban J connectivity index is 1.40. The van der Waals surface area contributed by atoms with Crippen molar-refractivity contribution >= 4 is 57.9 Å². The van der Waals surface area contributed by atoms with Crippen LogP contribution in [0.1, 0.15) is 49.6 Å². The summed E-state index contributed by atoms with van der Waals surface area (Å²) in [4.78, 5) is 66.4. The molecule has 3 aromatic rings. The Hall–Kier alpha value is -4.42. The van der Waals surface area contributed by atoms with Crippen molar-refractivity contribution in [3.63, 3.8) is 0 Å². The Morgan fingerprint density at radius 1 is 0.915 bits per heavy atom. The predicted octanol–water partition coefficient (Wildman–Crippen LogP) is 5.20. The van der Waals surface area contributed by atoms with Crippen molar-refractivity contribution in [1.82, 2.24) is 15.5 Å². The third-order valence-corrected chi connectivity index (χ3v) is 9.50. The number of thioether (sulfide) groups is 1. The molecular formula is C35H34BrN3O7S. The van der Waals surface area contributed by atoms with Gasteiger partial charge >= 0.3 is 12.1 Å². The van der Waals surface area contributed by atoms with Gasteiger partial charge in [0.1, 0.15) is 35.0 Å². The van der Waals surface area contributed by atoms with Crippen LogP contribution in [0.25, 0.3) is 0 Å². The summed E-state index contributed by atoms with van der Waals surface area (Å²) in [7, 11) is 0. The van der Waals surface area contributed by atoms with E-state index in [2.05, 4.69) is 26.6 Å². The van der Waals surface area contributed by atoms with E-state index in [-0.39, 0.29) is 11.4 Å². The first-order valence-electron chi connectivity index (χ1n) is 14.9. The third kappa shape index (κ3) is 7.77. The van der Waals surface area contributed by atoms with Gasteiger partial charge in [0.15, 0.2) is 6.10 Å². The molecular weight excluding hydrogens is 686 g/mol. The number of esters is 1. The van der Waals surface area contributed by atoms with Crippen molar-refractivity contribution in [2.75, 3.05) is 5.75 Å². The molecule has 0 bridgehead atoms. The van der Waals surface area contributed by atoms with E-state index >= 15 is 0 Å². The van der Waals surface area contributed by atoms with Crippen LogP contribution in [0, 0.1) is 0 Å². The van der Waals surface area contributed by atoms with Crippen molar-refractivity contribution in [3.05, 3.63) is 119 Å². The van der Waals surface area contributed by atoms with Crippen LogP contribution in [0.2, 0.25) is 0 Å². The lowest BCUT2D eigenvalue weighted by Crippen LogP contribution is -2.71. The summed E-state index contributed by atoms with van der Waals surface area (Å²) in [5.41, 5.74) is 1.50. The molecule has 0 spiro atoms. The molecule has 4 unspecified atom stereocenters. The van der Waals surface area contributed by atoms with E-state index in [4.69, 9.17) is 9.47 Å². The SMILES string of the molecule is CC(C)(C)OC(=O)NC(C(=O)NC1C(=O)N2C(C(=O)OC(c3ccccc3)c3ccccc3)=C(C(Br)C=O)CSC12)c1ccccc1. The van der Waals surface area contributed by atoms with Gasteiger partial charge in [0.25, 0.3) is 5.91 Å². The molecule has 1 saturated heterocycles. The van der Waals surface area contributed by atoms with E-state index in [1.54, 1.807) is 51.1 Å². The summed E-state index contributed by atoms with van der Waals surface area (Å²) >= 11 is 4.64. The maximum absolute atomic E-state index is 14.0. The molecule has 3 amide bonds. The Labute approximate surface area is 285 Å². The number of alkyl carbamates (subject to hydrolysis) is 1. The Morgan fingerprint density at radius 2 is 1.45 bits per heavy atom. The zero-order valence-corrected chi connectivity index (χ0v) is 28.3. The van der Waals surface area contributed by atoms with Gasteiger partial charge in [-0.25, -0.2) is 9.59 Å². The van der Waals surface area contributed by atoms with Crippen LogP contribution in [0.3, 0.4) is 0 Å². The maximum Gasteiger partial charge on any atom is 0.408 e. The highest BCUT2D eigenvalue weighted by atomic mass is 79.9. The number of benzene rings is 3. The number of nitrogens with one attached hydrogen (secondary N) is 2. The van der Waals surface area contributed by atoms with E-state index in [0.29, 0.717) is 17.4 Å². The zero-order valence-electron chi connectivity index (χ0n) is 25.9. The van der Waals surface area contributed by atoms with Crippen LogP contribution in [-0.2, 0) is 28.7 Å². The van der Waals surface area contributed by atoms with Gasteiger partial charge < -0.3 is 24.9 Å². The highest BCUT2D eigenvalue weighted by Gasteiger charge is 2.55. The monoisotopic (exact) mass is 719 g/mol. The van der Waals surface area contributed by atoms with Gasteiger partial charge in [-0.3, -0.25) is 14.5 Å². The van der Waals surface area contributed by atoms with E-state index in [1.807, 2.05) is 60.7 Å². The Bertz CT molecular complexity index is 1630. The highest BCUT2D eigenvalue weighted by molar-refractivity contribution is 9.10. The lowest BCUT2D eigenvalue weighted by atomic mass is 9.99. The van der Waals surface area contributed by atoms with Crippen LogP contribution >= 0.6 is 27.7 Å². The first-order valence-corrected chi connectivity index (χ1v) is 16.9. The molecule has 0 aliphatic carbocycles. The fourth-order valence-corrected chi connectivity index (χ4v) is 7.28. The third-order valence-electron chi connectivity index (χ3n) is 7.43. The standard InChI is InChI=1S/C35H34BrN3O7S/c1-35(2,3)46-34(44)38-26(21-13-7-4-8-14-21)30(41)37-27-31(42)39-28(24(25(36)19-40)20-47-32(27)39)33(43)45-29(22-15-9-5-10-16-22)23-17-11-6-12-18-23/h4-19,25-27,29,32H,20H2,1-3H3,(H,37,41)(H,38,44). The molecule has 0 radical (unpaired) electrons. The zero-order chi connectivity index (χ0) is 33.7. The molecule has 10 nitrogen and oxygen atoms in total. The topological polar surface area (TPSA) is 131 Å². The highest BCUT2D eigenvalue weighted by Crippen LogP contribution is 2.43. The number of hydrogen-bond donors (Lipinski definition) is 2.